The van der Waals surface area contributed by atoms with E-state index in [1.54, 1.807) is 0 Å². The summed E-state index contributed by atoms with van der Waals surface area (Å²) in [4.78, 5) is 15.5. The lowest BCUT2D eigenvalue weighted by Crippen LogP contribution is -2.37. The van der Waals surface area contributed by atoms with Gasteiger partial charge in [0.15, 0.2) is 5.96 Å². The van der Waals surface area contributed by atoms with Gasteiger partial charge >= 0.3 is 5.97 Å². The number of unbranched alkanes of at least 4 members (excludes halogenated alkanes) is 2. The number of hydrogen-bond donors (Lipinski definition) is 2. The fourth-order valence-electron chi connectivity index (χ4n) is 1.91. The third kappa shape index (κ3) is 13.5. The van der Waals surface area contributed by atoms with Crippen molar-refractivity contribution >= 4 is 11.9 Å². The molecule has 0 aromatic heterocycles. The van der Waals surface area contributed by atoms with Gasteiger partial charge in [-0.2, -0.15) is 0 Å². The molecule has 124 valence electrons. The second-order valence-corrected chi connectivity index (χ2v) is 5.61. The SMILES string of the molecule is CCNC(=NCCCC(C)C)NCCCCCC(=O)OC. The summed E-state index contributed by atoms with van der Waals surface area (Å²) in [6, 6.07) is 0. The number of guanidine groups is 1. The lowest BCUT2D eigenvalue weighted by atomic mass is 10.1. The molecule has 0 aromatic carbocycles. The summed E-state index contributed by atoms with van der Waals surface area (Å²) < 4.78 is 4.61. The van der Waals surface area contributed by atoms with Crippen molar-refractivity contribution in [3.8, 4) is 0 Å². The minimum absolute atomic E-state index is 0.122. The Kier molecular flexibility index (Phi) is 12.9. The number of carbonyl (C=O) groups excluding carboxylic acids is 1. The van der Waals surface area contributed by atoms with Gasteiger partial charge in [0, 0.05) is 26.1 Å². The predicted molar refractivity (Wildman–Crippen MR) is 88.5 cm³/mol. The minimum atomic E-state index is -0.122. The number of methoxy groups -OCH3 is 1. The van der Waals surface area contributed by atoms with Gasteiger partial charge in [-0.25, -0.2) is 0 Å². The van der Waals surface area contributed by atoms with Gasteiger partial charge in [-0.1, -0.05) is 20.3 Å². The van der Waals surface area contributed by atoms with Crippen LogP contribution in [0.15, 0.2) is 4.99 Å². The topological polar surface area (TPSA) is 62.7 Å². The Hall–Kier alpha value is -1.26. The molecule has 0 bridgehead atoms. The summed E-state index contributed by atoms with van der Waals surface area (Å²) in [5.74, 6) is 1.52. The van der Waals surface area contributed by atoms with Crippen molar-refractivity contribution in [2.75, 3.05) is 26.7 Å². The molecule has 0 aliphatic carbocycles. The number of hydrogen-bond acceptors (Lipinski definition) is 3. The van der Waals surface area contributed by atoms with Crippen LogP contribution in [-0.2, 0) is 9.53 Å². The number of nitrogens with one attached hydrogen (secondary N) is 2. The zero-order valence-electron chi connectivity index (χ0n) is 14.2. The van der Waals surface area contributed by atoms with E-state index in [4.69, 9.17) is 0 Å². The Bertz CT molecular complexity index is 291. The molecule has 0 aromatic rings. The van der Waals surface area contributed by atoms with Crippen molar-refractivity contribution in [1.29, 1.82) is 0 Å². The van der Waals surface area contributed by atoms with Crippen molar-refractivity contribution in [2.45, 2.75) is 59.3 Å². The van der Waals surface area contributed by atoms with Gasteiger partial charge < -0.3 is 15.4 Å². The van der Waals surface area contributed by atoms with Gasteiger partial charge in [-0.05, 0) is 38.5 Å². The summed E-state index contributed by atoms with van der Waals surface area (Å²) in [7, 11) is 1.43. The molecule has 0 rings (SSSR count). The summed E-state index contributed by atoms with van der Waals surface area (Å²) >= 11 is 0. The van der Waals surface area contributed by atoms with Crippen LogP contribution in [0.25, 0.3) is 0 Å². The fourth-order valence-corrected chi connectivity index (χ4v) is 1.91. The molecule has 0 unspecified atom stereocenters. The third-order valence-electron chi connectivity index (χ3n) is 3.13. The van der Waals surface area contributed by atoms with Gasteiger partial charge in [0.25, 0.3) is 0 Å². The summed E-state index contributed by atoms with van der Waals surface area (Å²) in [6.45, 7) is 9.18. The lowest BCUT2D eigenvalue weighted by Gasteiger charge is -2.11. The van der Waals surface area contributed by atoms with E-state index < -0.39 is 0 Å². The number of rotatable bonds is 11. The van der Waals surface area contributed by atoms with E-state index in [2.05, 4.69) is 41.1 Å². The van der Waals surface area contributed by atoms with Crippen LogP contribution in [0.1, 0.15) is 59.3 Å². The second-order valence-electron chi connectivity index (χ2n) is 5.61. The Morgan fingerprint density at radius 3 is 2.52 bits per heavy atom. The summed E-state index contributed by atoms with van der Waals surface area (Å²) in [5.41, 5.74) is 0. The van der Waals surface area contributed by atoms with Crippen LogP contribution < -0.4 is 10.6 Å². The van der Waals surface area contributed by atoms with Gasteiger partial charge in [-0.3, -0.25) is 9.79 Å². The second kappa shape index (κ2) is 13.7. The van der Waals surface area contributed by atoms with E-state index in [1.807, 2.05) is 0 Å². The maximum atomic E-state index is 11.0. The molecule has 0 fully saturated rings. The Morgan fingerprint density at radius 1 is 1.14 bits per heavy atom. The number of carbonyl (C=O) groups is 1. The molecule has 21 heavy (non-hydrogen) atoms. The first-order chi connectivity index (χ1) is 10.1. The number of ether oxygens (including phenoxy) is 1. The molecule has 2 N–H and O–H groups in total. The van der Waals surface area contributed by atoms with E-state index >= 15 is 0 Å². The van der Waals surface area contributed by atoms with Crippen molar-refractivity contribution in [2.24, 2.45) is 10.9 Å². The number of esters is 1. The van der Waals surface area contributed by atoms with Crippen molar-refractivity contribution in [3.05, 3.63) is 0 Å². The Morgan fingerprint density at radius 2 is 1.90 bits per heavy atom. The molecule has 0 atom stereocenters. The van der Waals surface area contributed by atoms with E-state index in [0.29, 0.717) is 6.42 Å². The average Bonchev–Trinajstić information content (AvgIpc) is 2.46. The lowest BCUT2D eigenvalue weighted by molar-refractivity contribution is -0.140. The van der Waals surface area contributed by atoms with Gasteiger partial charge in [0.05, 0.1) is 7.11 Å². The van der Waals surface area contributed by atoms with Crippen LogP contribution in [-0.4, -0.2) is 38.7 Å². The van der Waals surface area contributed by atoms with Crippen LogP contribution >= 0.6 is 0 Å². The zero-order valence-corrected chi connectivity index (χ0v) is 14.2. The molecule has 5 nitrogen and oxygen atoms in total. The first-order valence-corrected chi connectivity index (χ1v) is 8.19. The molecule has 0 aliphatic rings. The molecule has 0 heterocycles. The molecule has 0 aliphatic heterocycles. The van der Waals surface area contributed by atoms with Crippen LogP contribution in [0.2, 0.25) is 0 Å². The van der Waals surface area contributed by atoms with E-state index in [0.717, 1.165) is 57.2 Å². The first-order valence-electron chi connectivity index (χ1n) is 8.19. The van der Waals surface area contributed by atoms with E-state index in [1.165, 1.54) is 13.5 Å². The van der Waals surface area contributed by atoms with Crippen molar-refractivity contribution in [1.82, 2.24) is 10.6 Å². The Balaban J connectivity index is 3.73. The summed E-state index contributed by atoms with van der Waals surface area (Å²) in [5, 5.41) is 6.59. The van der Waals surface area contributed by atoms with E-state index in [9.17, 15) is 4.79 Å². The molecule has 0 saturated carbocycles. The molecule has 0 spiro atoms. The molecule has 5 heteroatoms. The largest absolute Gasteiger partial charge is 0.469 e. The number of aliphatic imine (C=N–C) groups is 1. The van der Waals surface area contributed by atoms with Crippen LogP contribution in [0.5, 0.6) is 0 Å². The predicted octanol–water partition coefficient (Wildman–Crippen LogP) is 2.71. The first kappa shape index (κ1) is 19.7. The smallest absolute Gasteiger partial charge is 0.305 e. The fraction of sp³-hybridized carbons (Fsp3) is 0.875. The minimum Gasteiger partial charge on any atom is -0.469 e. The molecule has 0 radical (unpaired) electrons. The zero-order chi connectivity index (χ0) is 15.9. The third-order valence-corrected chi connectivity index (χ3v) is 3.13. The molecular weight excluding hydrogens is 266 g/mol. The maximum Gasteiger partial charge on any atom is 0.305 e. The number of nitrogens with zero attached hydrogens (tertiary/aromatic N) is 1. The highest BCUT2D eigenvalue weighted by Gasteiger charge is 2.00. The normalized spacial score (nSPS) is 11.6. The van der Waals surface area contributed by atoms with Crippen LogP contribution in [0, 0.1) is 5.92 Å². The maximum absolute atomic E-state index is 11.0. The van der Waals surface area contributed by atoms with E-state index in [-0.39, 0.29) is 5.97 Å². The van der Waals surface area contributed by atoms with Crippen molar-refractivity contribution < 1.29 is 9.53 Å². The average molecular weight is 299 g/mol. The van der Waals surface area contributed by atoms with Gasteiger partial charge in [0.1, 0.15) is 0 Å². The van der Waals surface area contributed by atoms with Gasteiger partial charge in [0.2, 0.25) is 0 Å². The molecule has 0 saturated heterocycles. The highest BCUT2D eigenvalue weighted by Crippen LogP contribution is 2.03. The van der Waals surface area contributed by atoms with Crippen LogP contribution in [0.4, 0.5) is 0 Å². The quantitative estimate of drug-likeness (QED) is 0.266. The van der Waals surface area contributed by atoms with Gasteiger partial charge in [-0.15, -0.1) is 0 Å². The molecular formula is C16H33N3O2. The Labute approximate surface area is 129 Å². The highest BCUT2D eigenvalue weighted by atomic mass is 16.5. The van der Waals surface area contributed by atoms with Crippen LogP contribution in [0.3, 0.4) is 0 Å². The summed E-state index contributed by atoms with van der Waals surface area (Å²) in [6.07, 6.45) is 5.81. The van der Waals surface area contributed by atoms with Crippen molar-refractivity contribution in [3.63, 3.8) is 0 Å². The standard InChI is InChI=1S/C16H33N3O2/c1-5-17-16(19-13-9-10-14(2)3)18-12-8-6-7-11-15(20)21-4/h14H,5-13H2,1-4H3,(H2,17,18,19). The molecule has 0 amide bonds. The highest BCUT2D eigenvalue weighted by molar-refractivity contribution is 5.79. The monoisotopic (exact) mass is 299 g/mol.